The second-order valence-electron chi connectivity index (χ2n) is 6.13. The first-order valence-corrected chi connectivity index (χ1v) is 7.53. The van der Waals surface area contributed by atoms with Gasteiger partial charge in [-0.25, -0.2) is 0 Å². The van der Waals surface area contributed by atoms with Gasteiger partial charge in [-0.1, -0.05) is 13.3 Å². The smallest absolute Gasteiger partial charge is 0.248 e. The number of carbonyl (C=O) groups is 1. The van der Waals surface area contributed by atoms with E-state index in [9.17, 15) is 4.79 Å². The summed E-state index contributed by atoms with van der Waals surface area (Å²) in [5.41, 5.74) is 5.63. The summed E-state index contributed by atoms with van der Waals surface area (Å²) in [5.74, 6) is 0.845. The van der Waals surface area contributed by atoms with Crippen molar-refractivity contribution in [2.24, 2.45) is 11.7 Å². The van der Waals surface area contributed by atoms with Gasteiger partial charge in [0, 0.05) is 19.6 Å². The van der Waals surface area contributed by atoms with Crippen LogP contribution in [-0.2, 0) is 9.53 Å². The van der Waals surface area contributed by atoms with Crippen molar-refractivity contribution in [1.82, 2.24) is 4.90 Å². The van der Waals surface area contributed by atoms with Crippen LogP contribution >= 0.6 is 0 Å². The number of likely N-dealkylation sites (N-methyl/N-ethyl adjacent to an activating group) is 1. The minimum Gasteiger partial charge on any atom is -0.364 e. The van der Waals surface area contributed by atoms with Gasteiger partial charge in [-0.15, -0.1) is 0 Å². The molecule has 0 heterocycles. The Kier molecular flexibility index (Phi) is 6.27. The van der Waals surface area contributed by atoms with Crippen LogP contribution in [0.3, 0.4) is 0 Å². The summed E-state index contributed by atoms with van der Waals surface area (Å²) in [6, 6.07) is 0.209. The molecule has 0 atom stereocenters. The molecule has 1 rings (SSSR count). The van der Waals surface area contributed by atoms with Gasteiger partial charge < -0.3 is 15.4 Å². The molecule has 0 radical (unpaired) electrons. The first-order chi connectivity index (χ1) is 8.94. The standard InChI is InChI=1S/C15H30N2O2/c1-5-13-6-8-15(11-16,9-7-13)19-10-14(18)17(4)12(2)3/h12-13H,5-11,16H2,1-4H3. The molecule has 1 fully saturated rings. The van der Waals surface area contributed by atoms with Gasteiger partial charge in [0.2, 0.25) is 5.91 Å². The SMILES string of the molecule is CCC1CCC(CN)(OCC(=O)N(C)C(C)C)CC1. The lowest BCUT2D eigenvalue weighted by atomic mass is 9.77. The highest BCUT2D eigenvalue weighted by Crippen LogP contribution is 2.35. The Hall–Kier alpha value is -0.610. The average Bonchev–Trinajstić information content (AvgIpc) is 2.44. The predicted octanol–water partition coefficient (Wildman–Crippen LogP) is 2.17. The molecule has 0 aliphatic heterocycles. The van der Waals surface area contributed by atoms with Crippen LogP contribution < -0.4 is 5.73 Å². The van der Waals surface area contributed by atoms with E-state index in [1.54, 1.807) is 4.90 Å². The molecular formula is C15H30N2O2. The van der Waals surface area contributed by atoms with Crippen molar-refractivity contribution in [3.63, 3.8) is 0 Å². The number of amides is 1. The molecule has 0 saturated heterocycles. The molecule has 2 N–H and O–H groups in total. The summed E-state index contributed by atoms with van der Waals surface area (Å²) < 4.78 is 5.93. The fourth-order valence-electron chi connectivity index (χ4n) is 2.62. The maximum atomic E-state index is 12.0. The third-order valence-electron chi connectivity index (χ3n) is 4.64. The van der Waals surface area contributed by atoms with E-state index in [4.69, 9.17) is 10.5 Å². The number of carbonyl (C=O) groups excluding carboxylic acids is 1. The molecule has 19 heavy (non-hydrogen) atoms. The zero-order chi connectivity index (χ0) is 14.5. The molecule has 4 heteroatoms. The van der Waals surface area contributed by atoms with Crippen LogP contribution in [0.15, 0.2) is 0 Å². The van der Waals surface area contributed by atoms with Crippen molar-refractivity contribution < 1.29 is 9.53 Å². The van der Waals surface area contributed by atoms with Gasteiger partial charge in [0.15, 0.2) is 0 Å². The van der Waals surface area contributed by atoms with Gasteiger partial charge in [-0.3, -0.25) is 4.79 Å². The van der Waals surface area contributed by atoms with Crippen LogP contribution in [0, 0.1) is 5.92 Å². The Balaban J connectivity index is 2.47. The average molecular weight is 270 g/mol. The van der Waals surface area contributed by atoms with Crippen molar-refractivity contribution >= 4 is 5.91 Å². The second kappa shape index (κ2) is 7.25. The Morgan fingerprint density at radius 2 is 2.00 bits per heavy atom. The van der Waals surface area contributed by atoms with Gasteiger partial charge in [0.1, 0.15) is 6.61 Å². The van der Waals surface area contributed by atoms with Gasteiger partial charge in [-0.2, -0.15) is 0 Å². The Labute approximate surface area is 117 Å². The van der Waals surface area contributed by atoms with E-state index in [-0.39, 0.29) is 24.2 Å². The number of hydrogen-bond donors (Lipinski definition) is 1. The van der Waals surface area contributed by atoms with E-state index in [0.29, 0.717) is 6.54 Å². The summed E-state index contributed by atoms with van der Waals surface area (Å²) in [6.45, 7) is 6.92. The normalized spacial score (nSPS) is 27.6. The Morgan fingerprint density at radius 3 is 2.42 bits per heavy atom. The van der Waals surface area contributed by atoms with Crippen LogP contribution in [0.5, 0.6) is 0 Å². The van der Waals surface area contributed by atoms with E-state index in [2.05, 4.69) is 6.92 Å². The van der Waals surface area contributed by atoms with Crippen molar-refractivity contribution in [1.29, 1.82) is 0 Å². The number of nitrogens with two attached hydrogens (primary N) is 1. The van der Waals surface area contributed by atoms with Gasteiger partial charge >= 0.3 is 0 Å². The molecule has 1 aliphatic carbocycles. The second-order valence-corrected chi connectivity index (χ2v) is 6.13. The van der Waals surface area contributed by atoms with Crippen molar-refractivity contribution in [3.8, 4) is 0 Å². The molecule has 4 nitrogen and oxygen atoms in total. The molecule has 0 aromatic carbocycles. The van der Waals surface area contributed by atoms with Gasteiger partial charge in [0.25, 0.3) is 0 Å². The number of rotatable bonds is 6. The molecular weight excluding hydrogens is 240 g/mol. The van der Waals surface area contributed by atoms with Gasteiger partial charge in [0.05, 0.1) is 5.60 Å². The lowest BCUT2D eigenvalue weighted by molar-refractivity contribution is -0.146. The van der Waals surface area contributed by atoms with Crippen LogP contribution in [0.1, 0.15) is 52.9 Å². The number of hydrogen-bond acceptors (Lipinski definition) is 3. The van der Waals surface area contributed by atoms with E-state index < -0.39 is 0 Å². The molecule has 0 aromatic heterocycles. The van der Waals surface area contributed by atoms with E-state index in [1.807, 2.05) is 20.9 Å². The lowest BCUT2D eigenvalue weighted by Crippen LogP contribution is -2.46. The van der Waals surface area contributed by atoms with Crippen LogP contribution in [0.4, 0.5) is 0 Å². The Bertz CT molecular complexity index is 284. The summed E-state index contributed by atoms with van der Waals surface area (Å²) in [4.78, 5) is 13.7. The fourth-order valence-corrected chi connectivity index (χ4v) is 2.62. The minimum absolute atomic E-state index is 0.0421. The van der Waals surface area contributed by atoms with Crippen molar-refractivity contribution in [2.45, 2.75) is 64.5 Å². The minimum atomic E-state index is -0.265. The quantitative estimate of drug-likeness (QED) is 0.804. The Morgan fingerprint density at radius 1 is 1.42 bits per heavy atom. The molecule has 0 unspecified atom stereocenters. The maximum absolute atomic E-state index is 12.0. The van der Waals surface area contributed by atoms with E-state index >= 15 is 0 Å². The summed E-state index contributed by atoms with van der Waals surface area (Å²) in [6.07, 6.45) is 5.54. The van der Waals surface area contributed by atoms with Crippen LogP contribution in [0.25, 0.3) is 0 Å². The fraction of sp³-hybridized carbons (Fsp3) is 0.933. The highest BCUT2D eigenvalue weighted by molar-refractivity contribution is 5.77. The summed E-state index contributed by atoms with van der Waals surface area (Å²) in [7, 11) is 1.82. The summed E-state index contributed by atoms with van der Waals surface area (Å²) >= 11 is 0. The van der Waals surface area contributed by atoms with Crippen LogP contribution in [-0.4, -0.2) is 42.6 Å². The number of ether oxygens (including phenoxy) is 1. The zero-order valence-electron chi connectivity index (χ0n) is 12.9. The van der Waals surface area contributed by atoms with Gasteiger partial charge in [-0.05, 0) is 45.4 Å². The molecule has 1 aliphatic rings. The molecule has 1 saturated carbocycles. The molecule has 0 aromatic rings. The molecule has 0 spiro atoms. The first-order valence-electron chi connectivity index (χ1n) is 7.53. The van der Waals surface area contributed by atoms with E-state index in [1.165, 1.54) is 19.3 Å². The predicted molar refractivity (Wildman–Crippen MR) is 77.9 cm³/mol. The molecule has 112 valence electrons. The zero-order valence-corrected chi connectivity index (χ0v) is 12.9. The largest absolute Gasteiger partial charge is 0.364 e. The lowest BCUT2D eigenvalue weighted by Gasteiger charge is -2.39. The summed E-state index contributed by atoms with van der Waals surface area (Å²) in [5, 5.41) is 0. The highest BCUT2D eigenvalue weighted by Gasteiger charge is 2.35. The first kappa shape index (κ1) is 16.4. The van der Waals surface area contributed by atoms with Crippen molar-refractivity contribution in [2.75, 3.05) is 20.2 Å². The monoisotopic (exact) mass is 270 g/mol. The maximum Gasteiger partial charge on any atom is 0.248 e. The number of nitrogens with zero attached hydrogens (tertiary/aromatic N) is 1. The molecule has 0 bridgehead atoms. The van der Waals surface area contributed by atoms with Crippen LogP contribution in [0.2, 0.25) is 0 Å². The topological polar surface area (TPSA) is 55.6 Å². The highest BCUT2D eigenvalue weighted by atomic mass is 16.5. The third-order valence-corrected chi connectivity index (χ3v) is 4.64. The molecule has 1 amide bonds. The van der Waals surface area contributed by atoms with E-state index in [0.717, 1.165) is 18.8 Å². The van der Waals surface area contributed by atoms with Crippen molar-refractivity contribution in [3.05, 3.63) is 0 Å². The third kappa shape index (κ3) is 4.46.